The van der Waals surface area contributed by atoms with E-state index in [0.29, 0.717) is 23.0 Å². The molecule has 0 aliphatic carbocycles. The predicted molar refractivity (Wildman–Crippen MR) is 75.0 cm³/mol. The highest BCUT2D eigenvalue weighted by molar-refractivity contribution is 6.30. The summed E-state index contributed by atoms with van der Waals surface area (Å²) in [4.78, 5) is 12.3. The van der Waals surface area contributed by atoms with Crippen molar-refractivity contribution >= 4 is 23.5 Å². The van der Waals surface area contributed by atoms with E-state index in [9.17, 15) is 4.79 Å². The molecule has 19 heavy (non-hydrogen) atoms. The highest BCUT2D eigenvalue weighted by atomic mass is 35.5. The molecular formula is C16H11ClO2. The van der Waals surface area contributed by atoms with Gasteiger partial charge in [0.2, 0.25) is 5.78 Å². The van der Waals surface area contributed by atoms with Gasteiger partial charge < -0.3 is 4.74 Å². The van der Waals surface area contributed by atoms with Gasteiger partial charge in [0.05, 0.1) is 0 Å². The molecule has 3 heteroatoms. The maximum Gasteiger partial charge on any atom is 0.227 e. The second-order valence-corrected chi connectivity index (χ2v) is 4.77. The molecule has 2 aromatic carbocycles. The number of benzene rings is 2. The molecule has 1 heterocycles. The quantitative estimate of drug-likeness (QED) is 0.730. The standard InChI is InChI=1S/C16H11ClO2/c17-13-7-5-11(6-8-13)9-15-16(18)14-4-2-1-3-12(14)10-19-15/h1-9H,10H2. The van der Waals surface area contributed by atoms with Crippen molar-refractivity contribution in [1.82, 2.24) is 0 Å². The third-order valence-corrected chi connectivity index (χ3v) is 3.29. The lowest BCUT2D eigenvalue weighted by Crippen LogP contribution is -2.16. The minimum absolute atomic E-state index is 0.0724. The number of halogens is 1. The van der Waals surface area contributed by atoms with E-state index in [1.807, 2.05) is 36.4 Å². The molecule has 0 N–H and O–H groups in total. The molecule has 2 aromatic rings. The maximum atomic E-state index is 12.3. The first-order valence-corrected chi connectivity index (χ1v) is 6.34. The molecule has 3 rings (SSSR count). The third kappa shape index (κ3) is 2.40. The van der Waals surface area contributed by atoms with Gasteiger partial charge in [0.1, 0.15) is 6.61 Å². The van der Waals surface area contributed by atoms with Gasteiger partial charge >= 0.3 is 0 Å². The molecule has 0 atom stereocenters. The Balaban J connectivity index is 1.96. The zero-order chi connectivity index (χ0) is 13.2. The van der Waals surface area contributed by atoms with E-state index in [-0.39, 0.29) is 5.78 Å². The molecule has 94 valence electrons. The molecule has 0 aromatic heterocycles. The van der Waals surface area contributed by atoms with E-state index < -0.39 is 0 Å². The predicted octanol–water partition coefficient (Wildman–Crippen LogP) is 4.09. The zero-order valence-electron chi connectivity index (χ0n) is 10.1. The van der Waals surface area contributed by atoms with E-state index in [1.54, 1.807) is 18.2 Å². The Labute approximate surface area is 116 Å². The molecule has 0 bridgehead atoms. The van der Waals surface area contributed by atoms with Crippen molar-refractivity contribution in [2.75, 3.05) is 0 Å². The van der Waals surface area contributed by atoms with Gasteiger partial charge in [-0.1, -0.05) is 48.0 Å². The molecule has 0 amide bonds. The van der Waals surface area contributed by atoms with E-state index in [2.05, 4.69) is 0 Å². The van der Waals surface area contributed by atoms with Crippen LogP contribution >= 0.6 is 11.6 Å². The van der Waals surface area contributed by atoms with Crippen molar-refractivity contribution < 1.29 is 9.53 Å². The molecule has 0 unspecified atom stereocenters. The highest BCUT2D eigenvalue weighted by Gasteiger charge is 2.22. The Kier molecular flexibility index (Phi) is 3.10. The molecule has 1 aliphatic rings. The Hall–Kier alpha value is -2.06. The molecule has 0 radical (unpaired) electrons. The lowest BCUT2D eigenvalue weighted by molar-refractivity contribution is 0.0871. The zero-order valence-corrected chi connectivity index (χ0v) is 10.9. The second-order valence-electron chi connectivity index (χ2n) is 4.34. The van der Waals surface area contributed by atoms with Crippen LogP contribution in [0.4, 0.5) is 0 Å². The van der Waals surface area contributed by atoms with E-state index >= 15 is 0 Å². The van der Waals surface area contributed by atoms with Crippen LogP contribution in [0.3, 0.4) is 0 Å². The van der Waals surface area contributed by atoms with Gasteiger partial charge in [-0.3, -0.25) is 4.79 Å². The minimum atomic E-state index is -0.0724. The molecule has 0 saturated heterocycles. The van der Waals surface area contributed by atoms with Gasteiger partial charge in [-0.25, -0.2) is 0 Å². The van der Waals surface area contributed by atoms with Crippen LogP contribution in [-0.4, -0.2) is 5.78 Å². The van der Waals surface area contributed by atoms with Crippen LogP contribution < -0.4 is 0 Å². The summed E-state index contributed by atoms with van der Waals surface area (Å²) in [5, 5.41) is 0.670. The summed E-state index contributed by atoms with van der Waals surface area (Å²) >= 11 is 5.83. The number of ether oxygens (including phenoxy) is 1. The molecule has 1 aliphatic heterocycles. The lowest BCUT2D eigenvalue weighted by atomic mass is 9.99. The number of allylic oxidation sites excluding steroid dienone is 1. The summed E-state index contributed by atoms with van der Waals surface area (Å²) in [6.07, 6.45) is 1.74. The van der Waals surface area contributed by atoms with Crippen molar-refractivity contribution in [3.05, 3.63) is 76.0 Å². The average molecular weight is 271 g/mol. The summed E-state index contributed by atoms with van der Waals surface area (Å²) in [6.45, 7) is 0.432. The van der Waals surface area contributed by atoms with E-state index in [4.69, 9.17) is 16.3 Å². The van der Waals surface area contributed by atoms with Crippen LogP contribution in [0.1, 0.15) is 21.5 Å². The largest absolute Gasteiger partial charge is 0.485 e. The number of ketones is 1. The fourth-order valence-corrected chi connectivity index (χ4v) is 2.17. The molecule has 0 fully saturated rings. The summed E-state index contributed by atoms with van der Waals surface area (Å²) in [6, 6.07) is 14.8. The minimum Gasteiger partial charge on any atom is -0.485 e. The van der Waals surface area contributed by atoms with E-state index in [0.717, 1.165) is 11.1 Å². The van der Waals surface area contributed by atoms with Gasteiger partial charge in [0.25, 0.3) is 0 Å². The Bertz CT molecular complexity index is 657. The number of fused-ring (bicyclic) bond motifs is 1. The van der Waals surface area contributed by atoms with Crippen molar-refractivity contribution in [3.8, 4) is 0 Å². The average Bonchev–Trinajstić information content (AvgIpc) is 2.45. The van der Waals surface area contributed by atoms with Gasteiger partial charge in [-0.15, -0.1) is 0 Å². The van der Waals surface area contributed by atoms with E-state index in [1.165, 1.54) is 0 Å². The summed E-state index contributed by atoms with van der Waals surface area (Å²) < 4.78 is 5.53. The first-order valence-electron chi connectivity index (χ1n) is 5.97. The number of hydrogen-bond donors (Lipinski definition) is 0. The molecule has 0 saturated carbocycles. The van der Waals surface area contributed by atoms with Gasteiger partial charge in [-0.05, 0) is 23.8 Å². The number of carbonyl (C=O) groups is 1. The summed E-state index contributed by atoms with van der Waals surface area (Å²) in [5.41, 5.74) is 2.54. The van der Waals surface area contributed by atoms with Gasteiger partial charge in [0, 0.05) is 16.1 Å². The van der Waals surface area contributed by atoms with Crippen LogP contribution in [-0.2, 0) is 11.3 Å². The third-order valence-electron chi connectivity index (χ3n) is 3.04. The Morgan fingerprint density at radius 3 is 2.58 bits per heavy atom. The number of hydrogen-bond acceptors (Lipinski definition) is 2. The van der Waals surface area contributed by atoms with Crippen molar-refractivity contribution in [1.29, 1.82) is 0 Å². The Morgan fingerprint density at radius 2 is 1.79 bits per heavy atom. The smallest absolute Gasteiger partial charge is 0.227 e. The molecular weight excluding hydrogens is 260 g/mol. The Morgan fingerprint density at radius 1 is 1.05 bits per heavy atom. The first kappa shape index (κ1) is 12.0. The van der Waals surface area contributed by atoms with Crippen LogP contribution in [0, 0.1) is 0 Å². The first-order chi connectivity index (χ1) is 9.24. The van der Waals surface area contributed by atoms with Crippen molar-refractivity contribution in [2.45, 2.75) is 6.61 Å². The molecule has 2 nitrogen and oxygen atoms in total. The van der Waals surface area contributed by atoms with Gasteiger partial charge in [0.15, 0.2) is 5.76 Å². The topological polar surface area (TPSA) is 26.3 Å². The number of Topliss-reactive ketones (excluding diaryl/α,β-unsaturated/α-hetero) is 1. The summed E-state index contributed by atoms with van der Waals surface area (Å²) in [7, 11) is 0. The maximum absolute atomic E-state index is 12.3. The van der Waals surface area contributed by atoms with Crippen molar-refractivity contribution in [2.24, 2.45) is 0 Å². The lowest BCUT2D eigenvalue weighted by Gasteiger charge is -2.18. The van der Waals surface area contributed by atoms with Gasteiger partial charge in [-0.2, -0.15) is 0 Å². The van der Waals surface area contributed by atoms with Crippen LogP contribution in [0.2, 0.25) is 5.02 Å². The molecule has 0 spiro atoms. The fourth-order valence-electron chi connectivity index (χ4n) is 2.04. The monoisotopic (exact) mass is 270 g/mol. The normalized spacial score (nSPS) is 16.1. The van der Waals surface area contributed by atoms with Crippen molar-refractivity contribution in [3.63, 3.8) is 0 Å². The highest BCUT2D eigenvalue weighted by Crippen LogP contribution is 2.24. The number of carbonyl (C=O) groups excluding carboxylic acids is 1. The van der Waals surface area contributed by atoms with Crippen LogP contribution in [0.25, 0.3) is 6.08 Å². The summed E-state index contributed by atoms with van der Waals surface area (Å²) in [5.74, 6) is 0.304. The second kappa shape index (κ2) is 4.90. The number of rotatable bonds is 1. The fraction of sp³-hybridized carbons (Fsp3) is 0.0625. The van der Waals surface area contributed by atoms with Crippen LogP contribution in [0.5, 0.6) is 0 Å². The SMILES string of the molecule is O=C1C(=Cc2ccc(Cl)cc2)OCc2ccccc21. The van der Waals surface area contributed by atoms with Crippen LogP contribution in [0.15, 0.2) is 54.3 Å².